The van der Waals surface area contributed by atoms with Gasteiger partial charge in [-0.15, -0.1) is 0 Å². The lowest BCUT2D eigenvalue weighted by molar-refractivity contribution is -0.137. The minimum atomic E-state index is -0.417. The zero-order valence-electron chi connectivity index (χ0n) is 18.2. The lowest BCUT2D eigenvalue weighted by Crippen LogP contribution is -2.27. The number of halogens is 2. The number of hydrogen-bond acceptors (Lipinski definition) is 4. The van der Waals surface area contributed by atoms with Gasteiger partial charge in [0.15, 0.2) is 0 Å². The van der Waals surface area contributed by atoms with Crippen molar-refractivity contribution in [1.82, 2.24) is 5.01 Å². The van der Waals surface area contributed by atoms with Crippen LogP contribution in [-0.4, -0.2) is 23.3 Å². The van der Waals surface area contributed by atoms with Gasteiger partial charge < -0.3 is 4.74 Å². The molecule has 1 aliphatic carbocycles. The minimum absolute atomic E-state index is 0.103. The Hall–Kier alpha value is -3.28. The third kappa shape index (κ3) is 4.64. The van der Waals surface area contributed by atoms with Gasteiger partial charge in [-0.05, 0) is 80.2 Å². The highest BCUT2D eigenvalue weighted by Gasteiger charge is 2.41. The van der Waals surface area contributed by atoms with E-state index in [-0.39, 0.29) is 23.6 Å². The fourth-order valence-electron chi connectivity index (χ4n) is 4.47. The molecule has 0 bridgehead atoms. The molecule has 0 spiro atoms. The smallest absolute Gasteiger partial charge is 0.332 e. The predicted octanol–water partition coefficient (Wildman–Crippen LogP) is 6.03. The van der Waals surface area contributed by atoms with Crippen LogP contribution in [-0.2, 0) is 9.53 Å². The molecular weight excluding hydrogens is 410 g/mol. The van der Waals surface area contributed by atoms with Gasteiger partial charge in [0, 0.05) is 17.7 Å². The van der Waals surface area contributed by atoms with Crippen LogP contribution in [0.1, 0.15) is 50.3 Å². The molecule has 0 amide bonds. The summed E-state index contributed by atoms with van der Waals surface area (Å²) in [5.74, 6) is -0.876. The summed E-state index contributed by atoms with van der Waals surface area (Å²) in [5, 5.41) is 6.79. The van der Waals surface area contributed by atoms with Crippen molar-refractivity contribution in [3.63, 3.8) is 0 Å². The highest BCUT2D eigenvalue weighted by molar-refractivity contribution is 6.07. The molecule has 2 unspecified atom stereocenters. The number of carbonyl (C=O) groups is 1. The topological polar surface area (TPSA) is 41.9 Å². The first-order valence-corrected chi connectivity index (χ1v) is 10.9. The molecule has 6 heteroatoms. The first-order chi connectivity index (χ1) is 15.5. The third-order valence-electron chi connectivity index (χ3n) is 5.90. The van der Waals surface area contributed by atoms with Crippen LogP contribution >= 0.6 is 0 Å². The largest absolute Gasteiger partial charge is 0.463 e. The highest BCUT2D eigenvalue weighted by Crippen LogP contribution is 2.45. The second-order valence-corrected chi connectivity index (χ2v) is 8.08. The van der Waals surface area contributed by atoms with E-state index in [9.17, 15) is 13.6 Å². The second-order valence-electron chi connectivity index (χ2n) is 8.08. The van der Waals surface area contributed by atoms with E-state index in [1.807, 2.05) is 11.9 Å². The van der Waals surface area contributed by atoms with Crippen LogP contribution in [0.15, 0.2) is 71.0 Å². The van der Waals surface area contributed by atoms with Crippen molar-refractivity contribution in [3.05, 3.63) is 88.6 Å². The zero-order valence-corrected chi connectivity index (χ0v) is 18.2. The molecule has 0 N–H and O–H groups in total. The number of allylic oxidation sites excluding steroid dienone is 2. The SMILES string of the molecule is CCOC(=O)/C=C(/C)N1N=C2/C(=C/c3ccc(F)cc3)CCCC2C1c1ccc(F)cc1. The molecule has 0 radical (unpaired) electrons. The zero-order chi connectivity index (χ0) is 22.7. The maximum absolute atomic E-state index is 13.6. The number of benzene rings is 2. The number of nitrogens with zero attached hydrogens (tertiary/aromatic N) is 2. The number of esters is 1. The summed E-state index contributed by atoms with van der Waals surface area (Å²) in [6.07, 6.45) is 6.30. The normalized spacial score (nSPS) is 22.0. The van der Waals surface area contributed by atoms with Crippen LogP contribution in [0, 0.1) is 17.6 Å². The Morgan fingerprint density at radius 1 is 1.12 bits per heavy atom. The standard InChI is InChI=1S/C26H26F2N2O2/c1-3-32-24(31)15-17(2)30-26(19-9-13-22(28)14-10-19)23-6-4-5-20(25(23)29-30)16-18-7-11-21(27)12-8-18/h7-16,23,26H,3-6H2,1-2H3/b17-15-,20-16+. The van der Waals surface area contributed by atoms with Crippen molar-refractivity contribution in [2.75, 3.05) is 6.61 Å². The van der Waals surface area contributed by atoms with Crippen molar-refractivity contribution in [3.8, 4) is 0 Å². The fraction of sp³-hybridized carbons (Fsp3) is 0.308. The van der Waals surface area contributed by atoms with Crippen molar-refractivity contribution >= 4 is 17.8 Å². The number of carbonyl (C=O) groups excluding carboxylic acids is 1. The summed E-state index contributed by atoms with van der Waals surface area (Å²) in [5.41, 5.74) is 4.59. The van der Waals surface area contributed by atoms with Gasteiger partial charge in [-0.1, -0.05) is 24.3 Å². The molecule has 0 saturated heterocycles. The third-order valence-corrected chi connectivity index (χ3v) is 5.90. The molecular formula is C26H26F2N2O2. The molecule has 166 valence electrons. The molecule has 1 saturated carbocycles. The van der Waals surface area contributed by atoms with Crippen LogP contribution in [0.5, 0.6) is 0 Å². The van der Waals surface area contributed by atoms with E-state index in [0.29, 0.717) is 12.3 Å². The van der Waals surface area contributed by atoms with Gasteiger partial charge in [0.25, 0.3) is 0 Å². The lowest BCUT2D eigenvalue weighted by Gasteiger charge is -2.31. The highest BCUT2D eigenvalue weighted by atomic mass is 19.1. The van der Waals surface area contributed by atoms with Crippen LogP contribution in [0.4, 0.5) is 8.78 Å². The van der Waals surface area contributed by atoms with Crippen LogP contribution in [0.2, 0.25) is 0 Å². The molecule has 2 aliphatic rings. The Labute approximate surface area is 186 Å². The van der Waals surface area contributed by atoms with Crippen LogP contribution in [0.3, 0.4) is 0 Å². The van der Waals surface area contributed by atoms with Crippen molar-refractivity contribution in [2.45, 2.75) is 39.2 Å². The Morgan fingerprint density at radius 2 is 1.78 bits per heavy atom. The summed E-state index contributed by atoms with van der Waals surface area (Å²) in [7, 11) is 0. The van der Waals surface area contributed by atoms with Gasteiger partial charge >= 0.3 is 5.97 Å². The van der Waals surface area contributed by atoms with Crippen molar-refractivity contribution < 1.29 is 18.3 Å². The molecule has 32 heavy (non-hydrogen) atoms. The fourth-order valence-corrected chi connectivity index (χ4v) is 4.47. The molecule has 2 atom stereocenters. The van der Waals surface area contributed by atoms with Gasteiger partial charge in [0.1, 0.15) is 11.6 Å². The average Bonchev–Trinajstić information content (AvgIpc) is 3.17. The molecule has 1 heterocycles. The number of fused-ring (bicyclic) bond motifs is 1. The van der Waals surface area contributed by atoms with E-state index < -0.39 is 5.97 Å². The molecule has 1 fully saturated rings. The number of rotatable bonds is 5. The van der Waals surface area contributed by atoms with Crippen molar-refractivity contribution in [1.29, 1.82) is 0 Å². The van der Waals surface area contributed by atoms with Gasteiger partial charge in [-0.2, -0.15) is 5.10 Å². The Bertz CT molecular complexity index is 1070. The molecule has 4 rings (SSSR count). The summed E-state index contributed by atoms with van der Waals surface area (Å²) in [6.45, 7) is 3.89. The summed E-state index contributed by atoms with van der Waals surface area (Å²) in [4.78, 5) is 12.1. The maximum atomic E-state index is 13.6. The minimum Gasteiger partial charge on any atom is -0.463 e. The maximum Gasteiger partial charge on any atom is 0.332 e. The Morgan fingerprint density at radius 3 is 2.44 bits per heavy atom. The van der Waals surface area contributed by atoms with E-state index in [0.717, 1.165) is 41.7 Å². The van der Waals surface area contributed by atoms with Gasteiger partial charge in [-0.3, -0.25) is 5.01 Å². The first-order valence-electron chi connectivity index (χ1n) is 10.9. The van der Waals surface area contributed by atoms with E-state index in [1.165, 1.54) is 30.3 Å². The quantitative estimate of drug-likeness (QED) is 0.425. The predicted molar refractivity (Wildman–Crippen MR) is 121 cm³/mol. The molecule has 4 nitrogen and oxygen atoms in total. The number of ether oxygens (including phenoxy) is 1. The van der Waals surface area contributed by atoms with E-state index in [2.05, 4.69) is 6.08 Å². The molecule has 0 aromatic heterocycles. The lowest BCUT2D eigenvalue weighted by atomic mass is 9.77. The van der Waals surface area contributed by atoms with Crippen LogP contribution in [0.25, 0.3) is 6.08 Å². The van der Waals surface area contributed by atoms with Gasteiger partial charge in [-0.25, -0.2) is 13.6 Å². The molecule has 1 aliphatic heterocycles. The average molecular weight is 437 g/mol. The second kappa shape index (κ2) is 9.47. The monoisotopic (exact) mass is 436 g/mol. The molecule has 2 aromatic carbocycles. The van der Waals surface area contributed by atoms with Gasteiger partial charge in [0.05, 0.1) is 18.4 Å². The Balaban J connectivity index is 1.74. The number of hydrazone groups is 1. The number of hydrogen-bond donors (Lipinski definition) is 0. The summed E-state index contributed by atoms with van der Waals surface area (Å²) < 4.78 is 32.0. The first kappa shape index (κ1) is 21.9. The molecule has 2 aromatic rings. The van der Waals surface area contributed by atoms with Crippen molar-refractivity contribution in [2.24, 2.45) is 11.0 Å². The Kier molecular flexibility index (Phi) is 6.49. The van der Waals surface area contributed by atoms with E-state index in [1.54, 1.807) is 31.2 Å². The summed E-state index contributed by atoms with van der Waals surface area (Å²) in [6, 6.07) is 12.7. The van der Waals surface area contributed by atoms with E-state index >= 15 is 0 Å². The van der Waals surface area contributed by atoms with E-state index in [4.69, 9.17) is 9.84 Å². The van der Waals surface area contributed by atoms with Crippen LogP contribution < -0.4 is 0 Å². The summed E-state index contributed by atoms with van der Waals surface area (Å²) >= 11 is 0. The van der Waals surface area contributed by atoms with Gasteiger partial charge in [0.2, 0.25) is 0 Å².